The van der Waals surface area contributed by atoms with Gasteiger partial charge in [-0.05, 0) is 36.6 Å². The zero-order chi connectivity index (χ0) is 15.1. The van der Waals surface area contributed by atoms with Gasteiger partial charge in [-0.1, -0.05) is 29.3 Å². The highest BCUT2D eigenvalue weighted by molar-refractivity contribution is 9.09. The number of halogens is 1. The molecule has 0 N–H and O–H groups in total. The lowest BCUT2D eigenvalue weighted by Gasteiger charge is -2.37. The first-order valence-electron chi connectivity index (χ1n) is 7.94. The fourth-order valence-corrected chi connectivity index (χ4v) is 3.50. The maximum Gasteiger partial charge on any atom is 0.119 e. The summed E-state index contributed by atoms with van der Waals surface area (Å²) in [7, 11) is 1.71. The summed E-state index contributed by atoms with van der Waals surface area (Å²) in [4.78, 5) is 5.08. The van der Waals surface area contributed by atoms with Gasteiger partial charge < -0.3 is 9.64 Å². The van der Waals surface area contributed by atoms with E-state index in [2.05, 4.69) is 44.8 Å². The second kappa shape index (κ2) is 8.64. The Labute approximate surface area is 137 Å². The second-order valence-corrected chi connectivity index (χ2v) is 6.44. The molecule has 1 aliphatic rings. The monoisotopic (exact) mass is 354 g/mol. The molecule has 2 rings (SSSR count). The van der Waals surface area contributed by atoms with Gasteiger partial charge in [0.05, 0.1) is 7.11 Å². The summed E-state index contributed by atoms with van der Waals surface area (Å²) in [6.07, 6.45) is 2.60. The largest absolute Gasteiger partial charge is 0.497 e. The molecular weight excluding hydrogens is 328 g/mol. The van der Waals surface area contributed by atoms with Crippen LogP contribution in [0.5, 0.6) is 5.75 Å². The Hall–Kier alpha value is -0.740. The van der Waals surface area contributed by atoms with Gasteiger partial charge in [-0.25, -0.2) is 0 Å². The Balaban J connectivity index is 1.82. The maximum atomic E-state index is 5.22. The minimum Gasteiger partial charge on any atom is -0.497 e. The Morgan fingerprint density at radius 1 is 1.14 bits per heavy atom. The number of alkyl halides is 1. The minimum absolute atomic E-state index is 0.794. The van der Waals surface area contributed by atoms with Crippen LogP contribution in [0.2, 0.25) is 0 Å². The zero-order valence-corrected chi connectivity index (χ0v) is 14.8. The Morgan fingerprint density at radius 3 is 2.33 bits per heavy atom. The number of rotatable bonds is 7. The van der Waals surface area contributed by atoms with Crippen LogP contribution in [0.4, 0.5) is 5.69 Å². The highest BCUT2D eigenvalue weighted by Crippen LogP contribution is 2.21. The van der Waals surface area contributed by atoms with E-state index in [9.17, 15) is 0 Å². The first-order chi connectivity index (χ1) is 10.3. The van der Waals surface area contributed by atoms with Crippen LogP contribution in [0.3, 0.4) is 0 Å². The fraction of sp³-hybridized carbons (Fsp3) is 0.647. The van der Waals surface area contributed by atoms with Gasteiger partial charge in [-0.15, -0.1) is 0 Å². The molecule has 0 amide bonds. The van der Waals surface area contributed by atoms with E-state index < -0.39 is 0 Å². The Morgan fingerprint density at radius 2 is 1.81 bits per heavy atom. The molecule has 1 aliphatic heterocycles. The molecular formula is C17H27BrN2O. The molecule has 0 radical (unpaired) electrons. The molecule has 0 spiro atoms. The number of nitrogens with zero attached hydrogens (tertiary/aromatic N) is 2. The van der Waals surface area contributed by atoms with Gasteiger partial charge in [-0.3, -0.25) is 4.90 Å². The van der Waals surface area contributed by atoms with Gasteiger partial charge in [0, 0.05) is 43.7 Å². The normalized spacial score (nSPS) is 17.8. The molecule has 1 aromatic carbocycles. The highest BCUT2D eigenvalue weighted by atomic mass is 79.9. The molecule has 0 aromatic heterocycles. The van der Waals surface area contributed by atoms with Gasteiger partial charge in [0.25, 0.3) is 0 Å². The summed E-state index contributed by atoms with van der Waals surface area (Å²) < 4.78 is 5.22. The highest BCUT2D eigenvalue weighted by Gasteiger charge is 2.19. The average Bonchev–Trinajstić information content (AvgIpc) is 2.55. The van der Waals surface area contributed by atoms with Gasteiger partial charge in [0.1, 0.15) is 5.75 Å². The summed E-state index contributed by atoms with van der Waals surface area (Å²) in [6.45, 7) is 8.08. The van der Waals surface area contributed by atoms with E-state index in [1.165, 1.54) is 38.2 Å². The van der Waals surface area contributed by atoms with Gasteiger partial charge >= 0.3 is 0 Å². The van der Waals surface area contributed by atoms with Crippen LogP contribution in [0.15, 0.2) is 24.3 Å². The Bertz CT molecular complexity index is 402. The van der Waals surface area contributed by atoms with Crippen molar-refractivity contribution in [3.05, 3.63) is 24.3 Å². The van der Waals surface area contributed by atoms with E-state index in [0.29, 0.717) is 0 Å². The van der Waals surface area contributed by atoms with Crippen molar-refractivity contribution in [1.82, 2.24) is 4.90 Å². The van der Waals surface area contributed by atoms with E-state index in [0.717, 1.165) is 30.1 Å². The van der Waals surface area contributed by atoms with E-state index in [-0.39, 0.29) is 0 Å². The number of hydrogen-bond acceptors (Lipinski definition) is 3. The van der Waals surface area contributed by atoms with Gasteiger partial charge in [-0.2, -0.15) is 0 Å². The van der Waals surface area contributed by atoms with Crippen molar-refractivity contribution in [1.29, 1.82) is 0 Å². The van der Waals surface area contributed by atoms with Crippen molar-refractivity contribution < 1.29 is 4.74 Å². The molecule has 4 heteroatoms. The molecule has 0 aliphatic carbocycles. The van der Waals surface area contributed by atoms with Crippen molar-refractivity contribution >= 4 is 21.6 Å². The number of hydrogen-bond donors (Lipinski definition) is 0. The first kappa shape index (κ1) is 16.6. The number of ether oxygens (including phenoxy) is 1. The molecule has 118 valence electrons. The molecule has 1 unspecified atom stereocenters. The zero-order valence-electron chi connectivity index (χ0n) is 13.2. The quantitative estimate of drug-likeness (QED) is 0.695. The number of anilines is 1. The topological polar surface area (TPSA) is 15.7 Å². The molecule has 1 fully saturated rings. The van der Waals surface area contributed by atoms with Crippen LogP contribution in [-0.4, -0.2) is 50.1 Å². The van der Waals surface area contributed by atoms with Crippen molar-refractivity contribution in [2.75, 3.05) is 50.1 Å². The van der Waals surface area contributed by atoms with Crippen molar-refractivity contribution in [2.45, 2.75) is 19.8 Å². The first-order valence-corrected chi connectivity index (χ1v) is 9.06. The van der Waals surface area contributed by atoms with Crippen LogP contribution < -0.4 is 9.64 Å². The molecule has 0 bridgehead atoms. The smallest absolute Gasteiger partial charge is 0.119 e. The van der Waals surface area contributed by atoms with E-state index in [4.69, 9.17) is 4.74 Å². The van der Waals surface area contributed by atoms with Crippen LogP contribution in [0.1, 0.15) is 19.8 Å². The van der Waals surface area contributed by atoms with Crippen LogP contribution in [0.25, 0.3) is 0 Å². The van der Waals surface area contributed by atoms with E-state index >= 15 is 0 Å². The SMILES string of the molecule is CCCC(CBr)CN1CCN(c2ccc(OC)cc2)CC1. The third kappa shape index (κ3) is 4.89. The molecule has 1 aromatic rings. The summed E-state index contributed by atoms with van der Waals surface area (Å²) in [5.74, 6) is 1.72. The van der Waals surface area contributed by atoms with Crippen LogP contribution >= 0.6 is 15.9 Å². The van der Waals surface area contributed by atoms with Gasteiger partial charge in [0.2, 0.25) is 0 Å². The lowest BCUT2D eigenvalue weighted by atomic mass is 10.1. The third-order valence-corrected chi connectivity index (χ3v) is 5.16. The average molecular weight is 355 g/mol. The summed E-state index contributed by atoms with van der Waals surface area (Å²) in [6, 6.07) is 8.41. The van der Waals surface area contributed by atoms with Crippen molar-refractivity contribution in [3.8, 4) is 5.75 Å². The predicted molar refractivity (Wildman–Crippen MR) is 93.8 cm³/mol. The minimum atomic E-state index is 0.794. The summed E-state index contributed by atoms with van der Waals surface area (Å²) >= 11 is 3.66. The standard InChI is InChI=1S/C17H27BrN2O/c1-3-4-15(13-18)14-19-9-11-20(12-10-19)16-5-7-17(21-2)8-6-16/h5-8,15H,3-4,9-14H2,1-2H3. The maximum absolute atomic E-state index is 5.22. The molecule has 21 heavy (non-hydrogen) atoms. The fourth-order valence-electron chi connectivity index (χ4n) is 2.97. The summed E-state index contributed by atoms with van der Waals surface area (Å²) in [5.41, 5.74) is 1.31. The molecule has 0 saturated carbocycles. The second-order valence-electron chi connectivity index (χ2n) is 5.79. The molecule has 1 heterocycles. The van der Waals surface area contributed by atoms with E-state index in [1.807, 2.05) is 12.1 Å². The number of piperazine rings is 1. The van der Waals surface area contributed by atoms with Crippen LogP contribution in [-0.2, 0) is 0 Å². The molecule has 1 saturated heterocycles. The predicted octanol–water partition coefficient (Wildman–Crippen LogP) is 3.63. The third-order valence-electron chi connectivity index (χ3n) is 4.24. The summed E-state index contributed by atoms with van der Waals surface area (Å²) in [5, 5.41) is 1.12. The van der Waals surface area contributed by atoms with Gasteiger partial charge in [0.15, 0.2) is 0 Å². The molecule has 3 nitrogen and oxygen atoms in total. The molecule has 1 atom stereocenters. The lowest BCUT2D eigenvalue weighted by Crippen LogP contribution is -2.48. The van der Waals surface area contributed by atoms with E-state index in [1.54, 1.807) is 7.11 Å². The number of methoxy groups -OCH3 is 1. The van der Waals surface area contributed by atoms with Crippen LogP contribution in [0, 0.1) is 5.92 Å². The van der Waals surface area contributed by atoms with Crippen molar-refractivity contribution in [3.63, 3.8) is 0 Å². The number of benzene rings is 1. The lowest BCUT2D eigenvalue weighted by molar-refractivity contribution is 0.222. The Kier molecular flexibility index (Phi) is 6.84. The van der Waals surface area contributed by atoms with Crippen molar-refractivity contribution in [2.24, 2.45) is 5.92 Å².